The van der Waals surface area contributed by atoms with E-state index < -0.39 is 0 Å². The average molecular weight is 266 g/mol. The minimum atomic E-state index is -0.0469. The molecule has 0 heterocycles. The summed E-state index contributed by atoms with van der Waals surface area (Å²) >= 11 is 0. The number of nitrogens with zero attached hydrogens (tertiary/aromatic N) is 1. The largest absolute Gasteiger partial charge is 0.383 e. The summed E-state index contributed by atoms with van der Waals surface area (Å²) in [5.74, 6) is -0.0469. The van der Waals surface area contributed by atoms with Crippen LogP contribution in [0.4, 0.5) is 0 Å². The maximum absolute atomic E-state index is 12.0. The third-order valence-electron chi connectivity index (χ3n) is 2.62. The van der Waals surface area contributed by atoms with Gasteiger partial charge in [-0.05, 0) is 5.56 Å². The Hall–Kier alpha value is -1.43. The van der Waals surface area contributed by atoms with Gasteiger partial charge in [0.05, 0.1) is 13.2 Å². The molecule has 0 saturated carbocycles. The van der Waals surface area contributed by atoms with Crippen LogP contribution >= 0.6 is 0 Å². The molecule has 5 heteroatoms. The highest BCUT2D eigenvalue weighted by atomic mass is 16.5. The fourth-order valence-corrected chi connectivity index (χ4v) is 1.63. The van der Waals surface area contributed by atoms with Crippen molar-refractivity contribution in [2.75, 3.05) is 40.0 Å². The van der Waals surface area contributed by atoms with Gasteiger partial charge in [0.1, 0.15) is 6.61 Å². The number of hydrogen-bond acceptors (Lipinski definition) is 4. The van der Waals surface area contributed by atoms with E-state index in [9.17, 15) is 4.79 Å². The fourth-order valence-electron chi connectivity index (χ4n) is 1.63. The summed E-state index contributed by atoms with van der Waals surface area (Å²) in [7, 11) is 1.62. The number of ether oxygens (including phenoxy) is 2. The monoisotopic (exact) mass is 266 g/mol. The number of carbonyl (C=O) groups excluding carboxylic acids is 1. The normalized spacial score (nSPS) is 10.4. The van der Waals surface area contributed by atoms with Crippen LogP contribution in [0, 0.1) is 0 Å². The summed E-state index contributed by atoms with van der Waals surface area (Å²) in [5.41, 5.74) is 6.41. The molecule has 0 spiro atoms. The van der Waals surface area contributed by atoms with E-state index in [1.807, 2.05) is 30.3 Å². The van der Waals surface area contributed by atoms with Gasteiger partial charge in [-0.3, -0.25) is 4.79 Å². The highest BCUT2D eigenvalue weighted by Crippen LogP contribution is 2.05. The first-order chi connectivity index (χ1) is 9.27. The number of amides is 1. The van der Waals surface area contributed by atoms with Crippen LogP contribution in [0.5, 0.6) is 0 Å². The van der Waals surface area contributed by atoms with Gasteiger partial charge in [0, 0.05) is 26.7 Å². The van der Waals surface area contributed by atoms with Gasteiger partial charge in [-0.25, -0.2) is 0 Å². The van der Waals surface area contributed by atoms with E-state index in [0.29, 0.717) is 32.8 Å². The lowest BCUT2D eigenvalue weighted by Gasteiger charge is -2.22. The second kappa shape index (κ2) is 9.49. The topological polar surface area (TPSA) is 64.8 Å². The summed E-state index contributed by atoms with van der Waals surface area (Å²) in [4.78, 5) is 13.8. The van der Waals surface area contributed by atoms with Crippen molar-refractivity contribution in [2.24, 2.45) is 5.73 Å². The molecule has 0 bridgehead atoms. The van der Waals surface area contributed by atoms with Crippen molar-refractivity contribution in [2.45, 2.75) is 6.54 Å². The minimum Gasteiger partial charge on any atom is -0.383 e. The minimum absolute atomic E-state index is 0.0469. The molecule has 0 aromatic heterocycles. The summed E-state index contributed by atoms with van der Waals surface area (Å²) in [5, 5.41) is 0. The SMILES string of the molecule is COCCN(Cc1ccccc1)C(=O)COCCN. The average Bonchev–Trinajstić information content (AvgIpc) is 2.44. The molecule has 0 aliphatic carbocycles. The fraction of sp³-hybridized carbons (Fsp3) is 0.500. The Morgan fingerprint density at radius 3 is 2.63 bits per heavy atom. The summed E-state index contributed by atoms with van der Waals surface area (Å²) in [6.07, 6.45) is 0. The molecule has 0 fully saturated rings. The molecule has 19 heavy (non-hydrogen) atoms. The molecule has 0 atom stereocenters. The zero-order valence-corrected chi connectivity index (χ0v) is 11.4. The number of rotatable bonds is 9. The van der Waals surface area contributed by atoms with Gasteiger partial charge in [0.2, 0.25) is 5.91 Å². The van der Waals surface area contributed by atoms with E-state index in [2.05, 4.69) is 0 Å². The molecule has 2 N–H and O–H groups in total. The van der Waals surface area contributed by atoms with E-state index in [0.717, 1.165) is 5.56 Å². The maximum atomic E-state index is 12.0. The number of nitrogens with two attached hydrogens (primary N) is 1. The third kappa shape index (κ3) is 6.33. The second-order valence-electron chi connectivity index (χ2n) is 4.13. The van der Waals surface area contributed by atoms with Crippen LogP contribution in [0.15, 0.2) is 30.3 Å². The lowest BCUT2D eigenvalue weighted by Crippen LogP contribution is -2.36. The molecule has 0 aliphatic rings. The Morgan fingerprint density at radius 1 is 1.26 bits per heavy atom. The molecular formula is C14H22N2O3. The summed E-state index contributed by atoms with van der Waals surface area (Å²) in [6.45, 7) is 2.51. The standard InChI is InChI=1S/C14H22N2O3/c1-18-10-8-16(14(17)12-19-9-7-15)11-13-5-3-2-4-6-13/h2-6H,7-12,15H2,1H3. The highest BCUT2D eigenvalue weighted by molar-refractivity contribution is 5.77. The first-order valence-corrected chi connectivity index (χ1v) is 6.36. The predicted molar refractivity (Wildman–Crippen MR) is 73.6 cm³/mol. The number of hydrogen-bond donors (Lipinski definition) is 1. The molecule has 0 radical (unpaired) electrons. The van der Waals surface area contributed by atoms with Crippen molar-refractivity contribution in [3.8, 4) is 0 Å². The maximum Gasteiger partial charge on any atom is 0.248 e. The molecule has 0 aliphatic heterocycles. The predicted octanol–water partition coefficient (Wildman–Crippen LogP) is 0.637. The van der Waals surface area contributed by atoms with E-state index in [4.69, 9.17) is 15.2 Å². The summed E-state index contributed by atoms with van der Waals surface area (Å²) in [6, 6.07) is 9.86. The van der Waals surface area contributed by atoms with Gasteiger partial charge in [0.15, 0.2) is 0 Å². The van der Waals surface area contributed by atoms with Crippen molar-refractivity contribution < 1.29 is 14.3 Å². The number of benzene rings is 1. The molecular weight excluding hydrogens is 244 g/mol. The van der Waals surface area contributed by atoms with Crippen LogP contribution in [0.25, 0.3) is 0 Å². The zero-order valence-electron chi connectivity index (χ0n) is 11.4. The van der Waals surface area contributed by atoms with Gasteiger partial charge < -0.3 is 20.1 Å². The van der Waals surface area contributed by atoms with Gasteiger partial charge in [-0.15, -0.1) is 0 Å². The van der Waals surface area contributed by atoms with E-state index >= 15 is 0 Å². The number of methoxy groups -OCH3 is 1. The summed E-state index contributed by atoms with van der Waals surface area (Å²) < 4.78 is 10.2. The zero-order chi connectivity index (χ0) is 13.9. The van der Waals surface area contributed by atoms with Gasteiger partial charge in [-0.1, -0.05) is 30.3 Å². The van der Waals surface area contributed by atoms with Crippen molar-refractivity contribution >= 4 is 5.91 Å². The number of carbonyl (C=O) groups is 1. The molecule has 1 amide bonds. The first kappa shape index (κ1) is 15.6. The highest BCUT2D eigenvalue weighted by Gasteiger charge is 2.13. The van der Waals surface area contributed by atoms with Crippen LogP contribution in [0.3, 0.4) is 0 Å². The van der Waals surface area contributed by atoms with Crippen molar-refractivity contribution in [1.29, 1.82) is 0 Å². The Balaban J connectivity index is 2.53. The molecule has 106 valence electrons. The van der Waals surface area contributed by atoms with Crippen molar-refractivity contribution in [3.05, 3.63) is 35.9 Å². The Morgan fingerprint density at radius 2 is 2.00 bits per heavy atom. The van der Waals surface area contributed by atoms with Crippen LogP contribution < -0.4 is 5.73 Å². The molecule has 1 aromatic rings. The molecule has 1 rings (SSSR count). The first-order valence-electron chi connectivity index (χ1n) is 6.36. The van der Waals surface area contributed by atoms with Crippen molar-refractivity contribution in [3.63, 3.8) is 0 Å². The lowest BCUT2D eigenvalue weighted by atomic mass is 10.2. The lowest BCUT2D eigenvalue weighted by molar-refractivity contribution is -0.137. The van der Waals surface area contributed by atoms with E-state index in [1.54, 1.807) is 12.0 Å². The van der Waals surface area contributed by atoms with E-state index in [-0.39, 0.29) is 12.5 Å². The van der Waals surface area contributed by atoms with Crippen LogP contribution in [0.2, 0.25) is 0 Å². The molecule has 1 aromatic carbocycles. The third-order valence-corrected chi connectivity index (χ3v) is 2.62. The van der Waals surface area contributed by atoms with Gasteiger partial charge in [-0.2, -0.15) is 0 Å². The van der Waals surface area contributed by atoms with Gasteiger partial charge in [0.25, 0.3) is 0 Å². The second-order valence-corrected chi connectivity index (χ2v) is 4.13. The van der Waals surface area contributed by atoms with Gasteiger partial charge >= 0.3 is 0 Å². The smallest absolute Gasteiger partial charge is 0.248 e. The quantitative estimate of drug-likeness (QED) is 0.666. The Bertz CT molecular complexity index is 357. The Kier molecular flexibility index (Phi) is 7.81. The molecule has 0 unspecified atom stereocenters. The molecule has 0 saturated heterocycles. The van der Waals surface area contributed by atoms with Crippen LogP contribution in [-0.2, 0) is 20.8 Å². The van der Waals surface area contributed by atoms with E-state index in [1.165, 1.54) is 0 Å². The van der Waals surface area contributed by atoms with Crippen LogP contribution in [-0.4, -0.2) is 50.8 Å². The Labute approximate surface area is 114 Å². The van der Waals surface area contributed by atoms with Crippen LogP contribution in [0.1, 0.15) is 5.56 Å². The van der Waals surface area contributed by atoms with Crippen molar-refractivity contribution in [1.82, 2.24) is 4.90 Å². The molecule has 5 nitrogen and oxygen atoms in total.